The zero-order chi connectivity index (χ0) is 17.6. The highest BCUT2D eigenvalue weighted by Gasteiger charge is 2.25. The van der Waals surface area contributed by atoms with E-state index in [9.17, 15) is 4.79 Å². The van der Waals surface area contributed by atoms with Gasteiger partial charge in [0.25, 0.3) is 0 Å². The number of para-hydroxylation sites is 1. The van der Waals surface area contributed by atoms with Crippen molar-refractivity contribution in [1.29, 1.82) is 0 Å². The van der Waals surface area contributed by atoms with Gasteiger partial charge >= 0.3 is 0 Å². The third-order valence-electron chi connectivity index (χ3n) is 4.18. The third-order valence-corrected chi connectivity index (χ3v) is 5.38. The number of anilines is 2. The van der Waals surface area contributed by atoms with Crippen LogP contribution < -0.4 is 15.8 Å². The van der Waals surface area contributed by atoms with E-state index in [1.165, 1.54) is 18.3 Å². The number of nitrogens with one attached hydrogen (secondary N) is 1. The lowest BCUT2D eigenvalue weighted by molar-refractivity contribution is 0.102. The van der Waals surface area contributed by atoms with E-state index >= 15 is 0 Å². The quantitative estimate of drug-likeness (QED) is 0.679. The fraction of sp³-hybridized carbons (Fsp3) is 0.278. The summed E-state index contributed by atoms with van der Waals surface area (Å²) < 4.78 is 5.49. The Bertz CT molecular complexity index is 979. The standard InChI is InChI=1S/C18H18N4O2S/c1-9(23)16-14(19)13-15(11-5-3-4-6-12(11)24-2)21-18(20-10-7-8-10)22-17(13)25-16/h3-6,10H,7-8,19H2,1-2H3,(H,20,21,22). The number of ether oxygens (including phenoxy) is 1. The van der Waals surface area contributed by atoms with Gasteiger partial charge in [-0.3, -0.25) is 4.79 Å². The number of benzene rings is 1. The Morgan fingerprint density at radius 2 is 2.08 bits per heavy atom. The largest absolute Gasteiger partial charge is 0.496 e. The van der Waals surface area contributed by atoms with Gasteiger partial charge in [-0.15, -0.1) is 11.3 Å². The number of carbonyl (C=O) groups is 1. The molecule has 1 aromatic carbocycles. The molecule has 1 aliphatic carbocycles. The first-order valence-corrected chi connectivity index (χ1v) is 8.91. The molecule has 0 unspecified atom stereocenters. The molecule has 0 spiro atoms. The first kappa shape index (κ1) is 15.8. The molecule has 4 rings (SSSR count). The maximum absolute atomic E-state index is 11.9. The highest BCUT2D eigenvalue weighted by molar-refractivity contribution is 7.21. The molecule has 0 bridgehead atoms. The van der Waals surface area contributed by atoms with Crippen LogP contribution >= 0.6 is 11.3 Å². The van der Waals surface area contributed by atoms with Crippen molar-refractivity contribution in [2.45, 2.75) is 25.8 Å². The summed E-state index contributed by atoms with van der Waals surface area (Å²) in [6, 6.07) is 8.07. The summed E-state index contributed by atoms with van der Waals surface area (Å²) in [6.45, 7) is 1.51. The molecule has 7 heteroatoms. The van der Waals surface area contributed by atoms with Crippen LogP contribution in [-0.2, 0) is 0 Å². The summed E-state index contributed by atoms with van der Waals surface area (Å²) >= 11 is 1.31. The highest BCUT2D eigenvalue weighted by atomic mass is 32.1. The number of rotatable bonds is 5. The molecule has 3 aromatic rings. The van der Waals surface area contributed by atoms with Gasteiger partial charge in [0.15, 0.2) is 5.78 Å². The lowest BCUT2D eigenvalue weighted by Crippen LogP contribution is -2.06. The number of ketones is 1. The topological polar surface area (TPSA) is 90.1 Å². The minimum atomic E-state index is -0.0665. The lowest BCUT2D eigenvalue weighted by Gasteiger charge is -2.11. The third kappa shape index (κ3) is 2.80. The molecule has 0 saturated heterocycles. The number of fused-ring (bicyclic) bond motifs is 1. The first-order valence-electron chi connectivity index (χ1n) is 8.09. The number of thiophene rings is 1. The van der Waals surface area contributed by atoms with Gasteiger partial charge in [0, 0.05) is 18.5 Å². The van der Waals surface area contributed by atoms with Crippen LogP contribution in [0.25, 0.3) is 21.5 Å². The number of aromatic nitrogens is 2. The molecule has 0 aliphatic heterocycles. The highest BCUT2D eigenvalue weighted by Crippen LogP contribution is 2.42. The lowest BCUT2D eigenvalue weighted by atomic mass is 10.1. The summed E-state index contributed by atoms with van der Waals surface area (Å²) in [5, 5.41) is 4.04. The van der Waals surface area contributed by atoms with Crippen LogP contribution in [0.2, 0.25) is 0 Å². The van der Waals surface area contributed by atoms with Crippen LogP contribution in [0.5, 0.6) is 5.75 Å². The average molecular weight is 354 g/mol. The maximum atomic E-state index is 11.9. The second kappa shape index (κ2) is 6.00. The van der Waals surface area contributed by atoms with Gasteiger partial charge < -0.3 is 15.8 Å². The number of nitrogens with two attached hydrogens (primary N) is 1. The van der Waals surface area contributed by atoms with Gasteiger partial charge in [0.2, 0.25) is 5.95 Å². The van der Waals surface area contributed by atoms with Crippen molar-refractivity contribution in [2.24, 2.45) is 0 Å². The SMILES string of the molecule is COc1ccccc1-c1nc(NC2CC2)nc2sc(C(C)=O)c(N)c12. The van der Waals surface area contributed by atoms with Gasteiger partial charge in [0.1, 0.15) is 10.6 Å². The Morgan fingerprint density at radius 3 is 2.76 bits per heavy atom. The fourth-order valence-electron chi connectivity index (χ4n) is 2.79. The fourth-order valence-corrected chi connectivity index (χ4v) is 3.78. The van der Waals surface area contributed by atoms with E-state index in [2.05, 4.69) is 10.3 Å². The summed E-state index contributed by atoms with van der Waals surface area (Å²) in [5.74, 6) is 1.20. The van der Waals surface area contributed by atoms with Gasteiger partial charge in [-0.25, -0.2) is 9.97 Å². The van der Waals surface area contributed by atoms with Crippen LogP contribution in [-0.4, -0.2) is 28.9 Å². The number of methoxy groups -OCH3 is 1. The van der Waals surface area contributed by atoms with Crippen molar-refractivity contribution in [2.75, 3.05) is 18.2 Å². The smallest absolute Gasteiger partial charge is 0.224 e. The van der Waals surface area contributed by atoms with E-state index in [-0.39, 0.29) is 5.78 Å². The summed E-state index contributed by atoms with van der Waals surface area (Å²) in [5.41, 5.74) is 8.23. The average Bonchev–Trinajstić information content (AvgIpc) is 3.35. The van der Waals surface area contributed by atoms with Gasteiger partial charge in [-0.05, 0) is 25.0 Å². The molecule has 0 amide bonds. The minimum Gasteiger partial charge on any atom is -0.496 e. The van der Waals surface area contributed by atoms with Crippen LogP contribution in [0.3, 0.4) is 0 Å². The van der Waals surface area contributed by atoms with E-state index in [0.29, 0.717) is 44.2 Å². The molecule has 25 heavy (non-hydrogen) atoms. The maximum Gasteiger partial charge on any atom is 0.224 e. The Kier molecular flexibility index (Phi) is 3.80. The molecule has 1 fully saturated rings. The van der Waals surface area contributed by atoms with Crippen molar-refractivity contribution >= 4 is 39.0 Å². The minimum absolute atomic E-state index is 0.0665. The van der Waals surface area contributed by atoms with E-state index < -0.39 is 0 Å². The van der Waals surface area contributed by atoms with Crippen molar-refractivity contribution in [3.05, 3.63) is 29.1 Å². The molecule has 1 aliphatic rings. The Morgan fingerprint density at radius 1 is 1.32 bits per heavy atom. The molecule has 2 aromatic heterocycles. The van der Waals surface area contributed by atoms with E-state index in [1.54, 1.807) is 7.11 Å². The number of carbonyl (C=O) groups excluding carboxylic acids is 1. The number of Topliss-reactive ketones (excluding diaryl/α,β-unsaturated/α-hetero) is 1. The monoisotopic (exact) mass is 354 g/mol. The second-order valence-electron chi connectivity index (χ2n) is 6.10. The predicted molar refractivity (Wildman–Crippen MR) is 100 cm³/mol. The molecule has 1 saturated carbocycles. The first-order chi connectivity index (χ1) is 12.1. The van der Waals surface area contributed by atoms with Gasteiger partial charge in [0.05, 0.1) is 28.8 Å². The van der Waals surface area contributed by atoms with Crippen molar-refractivity contribution in [3.8, 4) is 17.0 Å². The zero-order valence-electron chi connectivity index (χ0n) is 14.0. The molecule has 6 nitrogen and oxygen atoms in total. The van der Waals surface area contributed by atoms with E-state index in [4.69, 9.17) is 15.5 Å². The van der Waals surface area contributed by atoms with Crippen molar-refractivity contribution in [1.82, 2.24) is 9.97 Å². The number of hydrogen-bond donors (Lipinski definition) is 2. The number of nitrogens with zero attached hydrogens (tertiary/aromatic N) is 2. The van der Waals surface area contributed by atoms with Crippen molar-refractivity contribution in [3.63, 3.8) is 0 Å². The summed E-state index contributed by atoms with van der Waals surface area (Å²) in [4.78, 5) is 22.4. The number of hydrogen-bond acceptors (Lipinski definition) is 7. The molecular weight excluding hydrogens is 336 g/mol. The Hall–Kier alpha value is -2.67. The summed E-state index contributed by atoms with van der Waals surface area (Å²) in [7, 11) is 1.62. The molecule has 3 N–H and O–H groups in total. The molecule has 0 atom stereocenters. The van der Waals surface area contributed by atoms with Crippen molar-refractivity contribution < 1.29 is 9.53 Å². The van der Waals surface area contributed by atoms with Crippen LogP contribution in [0.15, 0.2) is 24.3 Å². The molecule has 2 heterocycles. The Labute approximate surface area is 149 Å². The van der Waals surface area contributed by atoms with E-state index in [0.717, 1.165) is 18.4 Å². The Balaban J connectivity index is 2.00. The van der Waals surface area contributed by atoms with Gasteiger partial charge in [-0.2, -0.15) is 0 Å². The number of nitrogen functional groups attached to an aromatic ring is 1. The zero-order valence-corrected chi connectivity index (χ0v) is 14.8. The second-order valence-corrected chi connectivity index (χ2v) is 7.09. The predicted octanol–water partition coefficient (Wildman–Crippen LogP) is 3.73. The van der Waals surface area contributed by atoms with Gasteiger partial charge in [-0.1, -0.05) is 12.1 Å². The van der Waals surface area contributed by atoms with Crippen LogP contribution in [0, 0.1) is 0 Å². The van der Waals surface area contributed by atoms with Crippen LogP contribution in [0.1, 0.15) is 29.4 Å². The van der Waals surface area contributed by atoms with E-state index in [1.807, 2.05) is 24.3 Å². The molecular formula is C18H18N4O2S. The molecule has 128 valence electrons. The normalized spacial score (nSPS) is 13.8. The van der Waals surface area contributed by atoms with Crippen LogP contribution in [0.4, 0.5) is 11.6 Å². The summed E-state index contributed by atoms with van der Waals surface area (Å²) in [6.07, 6.45) is 2.24. The molecule has 0 radical (unpaired) electrons.